The summed E-state index contributed by atoms with van der Waals surface area (Å²) in [6.45, 7) is 0.852. The number of alkyl halides is 1. The normalized spacial score (nSPS) is 12.2. The van der Waals surface area contributed by atoms with Gasteiger partial charge in [0.2, 0.25) is 0 Å². The van der Waals surface area contributed by atoms with E-state index in [2.05, 4.69) is 37.2 Å². The number of hydrogen-bond acceptors (Lipinski definition) is 2. The van der Waals surface area contributed by atoms with Gasteiger partial charge in [0, 0.05) is 18.1 Å². The van der Waals surface area contributed by atoms with Crippen molar-refractivity contribution in [2.75, 3.05) is 20.3 Å². The van der Waals surface area contributed by atoms with Crippen LogP contribution >= 0.6 is 31.9 Å². The number of carbonyl (C=O) groups is 1. The Bertz CT molecular complexity index is 401. The second-order valence-corrected chi connectivity index (χ2v) is 5.60. The number of hydrogen-bond donors (Lipinski definition) is 1. The summed E-state index contributed by atoms with van der Waals surface area (Å²) < 4.78 is 18.9. The summed E-state index contributed by atoms with van der Waals surface area (Å²) in [5.41, 5.74) is 0.0327. The molecule has 1 amide bonds. The first kappa shape index (κ1) is 14.6. The van der Waals surface area contributed by atoms with Crippen molar-refractivity contribution in [2.24, 2.45) is 0 Å². The van der Waals surface area contributed by atoms with Crippen LogP contribution in [0.1, 0.15) is 10.4 Å². The van der Waals surface area contributed by atoms with Gasteiger partial charge in [0.25, 0.3) is 5.91 Å². The Hall–Kier alpha value is -0.460. The second kappa shape index (κ2) is 7.08. The zero-order chi connectivity index (χ0) is 12.8. The van der Waals surface area contributed by atoms with E-state index in [0.717, 1.165) is 0 Å². The third kappa shape index (κ3) is 4.73. The number of carbonyl (C=O) groups excluding carboxylic acids is 1. The van der Waals surface area contributed by atoms with E-state index in [0.29, 0.717) is 17.6 Å². The molecule has 0 spiro atoms. The lowest BCUT2D eigenvalue weighted by atomic mass is 10.2. The first-order chi connectivity index (χ1) is 8.04. The number of ether oxygens (including phenoxy) is 1. The summed E-state index contributed by atoms with van der Waals surface area (Å²) in [7, 11) is 1.57. The number of halogens is 3. The Labute approximate surface area is 116 Å². The van der Waals surface area contributed by atoms with Gasteiger partial charge in [-0.25, -0.2) is 4.39 Å². The zero-order valence-electron chi connectivity index (χ0n) is 9.17. The van der Waals surface area contributed by atoms with Gasteiger partial charge >= 0.3 is 0 Å². The van der Waals surface area contributed by atoms with E-state index in [1.807, 2.05) is 0 Å². The highest BCUT2D eigenvalue weighted by Crippen LogP contribution is 2.15. The minimum Gasteiger partial charge on any atom is -0.383 e. The van der Waals surface area contributed by atoms with E-state index in [9.17, 15) is 9.18 Å². The van der Waals surface area contributed by atoms with Crippen molar-refractivity contribution in [1.82, 2.24) is 5.32 Å². The molecule has 1 aromatic carbocycles. The fourth-order valence-corrected chi connectivity index (χ4v) is 1.97. The van der Waals surface area contributed by atoms with Crippen molar-refractivity contribution in [3.63, 3.8) is 0 Å². The van der Waals surface area contributed by atoms with E-state index in [4.69, 9.17) is 4.74 Å². The molecule has 0 bridgehead atoms. The zero-order valence-corrected chi connectivity index (χ0v) is 12.3. The highest BCUT2D eigenvalue weighted by Gasteiger charge is 2.13. The lowest BCUT2D eigenvalue weighted by molar-refractivity contribution is 0.0946. The molecule has 0 saturated carbocycles. The predicted octanol–water partition coefficient (Wildman–Crippen LogP) is 2.73. The fraction of sp³-hybridized carbons (Fsp3) is 0.364. The highest BCUT2D eigenvalue weighted by molar-refractivity contribution is 9.10. The molecule has 0 aliphatic rings. The molecule has 0 heterocycles. The van der Waals surface area contributed by atoms with Crippen molar-refractivity contribution in [1.29, 1.82) is 0 Å². The molecule has 1 aromatic rings. The van der Waals surface area contributed by atoms with Crippen molar-refractivity contribution in [2.45, 2.75) is 4.83 Å². The van der Waals surface area contributed by atoms with E-state index in [1.54, 1.807) is 13.2 Å². The molecule has 6 heteroatoms. The van der Waals surface area contributed by atoms with E-state index in [-0.39, 0.29) is 10.4 Å². The molecule has 1 unspecified atom stereocenters. The van der Waals surface area contributed by atoms with Crippen molar-refractivity contribution in [3.05, 3.63) is 34.1 Å². The number of methoxy groups -OCH3 is 1. The van der Waals surface area contributed by atoms with Gasteiger partial charge in [-0.05, 0) is 18.2 Å². The lowest BCUT2D eigenvalue weighted by Crippen LogP contribution is -2.31. The van der Waals surface area contributed by atoms with Crippen LogP contribution in [0.5, 0.6) is 0 Å². The predicted molar refractivity (Wildman–Crippen MR) is 71.0 cm³/mol. The Morgan fingerprint density at radius 2 is 2.29 bits per heavy atom. The summed E-state index contributed by atoms with van der Waals surface area (Å²) in [4.78, 5) is 11.7. The van der Waals surface area contributed by atoms with Crippen LogP contribution in [-0.4, -0.2) is 31.0 Å². The molecule has 1 atom stereocenters. The molecule has 1 rings (SSSR count). The van der Waals surface area contributed by atoms with Gasteiger partial charge in [0.1, 0.15) is 5.82 Å². The molecule has 3 nitrogen and oxygen atoms in total. The van der Waals surface area contributed by atoms with Gasteiger partial charge in [-0.15, -0.1) is 0 Å². The molecular weight excluding hydrogens is 357 g/mol. The van der Waals surface area contributed by atoms with E-state index >= 15 is 0 Å². The summed E-state index contributed by atoms with van der Waals surface area (Å²) >= 11 is 6.46. The molecule has 0 saturated heterocycles. The van der Waals surface area contributed by atoms with Crippen LogP contribution in [-0.2, 0) is 4.74 Å². The minimum atomic E-state index is -0.547. The molecule has 17 heavy (non-hydrogen) atoms. The van der Waals surface area contributed by atoms with Crippen molar-refractivity contribution < 1.29 is 13.9 Å². The van der Waals surface area contributed by atoms with Crippen molar-refractivity contribution >= 4 is 37.8 Å². The van der Waals surface area contributed by atoms with Crippen LogP contribution in [0.15, 0.2) is 22.7 Å². The third-order valence-corrected chi connectivity index (χ3v) is 3.09. The smallest absolute Gasteiger partial charge is 0.254 e. The molecule has 1 N–H and O–H groups in total. The fourth-order valence-electron chi connectivity index (χ4n) is 1.21. The monoisotopic (exact) mass is 367 g/mol. The summed E-state index contributed by atoms with van der Waals surface area (Å²) in [5, 5.41) is 2.62. The maximum absolute atomic E-state index is 13.4. The lowest BCUT2D eigenvalue weighted by Gasteiger charge is -2.10. The maximum Gasteiger partial charge on any atom is 0.254 e. The Kier molecular flexibility index (Phi) is 6.08. The maximum atomic E-state index is 13.4. The van der Waals surface area contributed by atoms with Gasteiger partial charge in [0.05, 0.1) is 17.0 Å². The summed E-state index contributed by atoms with van der Waals surface area (Å²) in [6, 6.07) is 4.32. The van der Waals surface area contributed by atoms with Crippen LogP contribution in [0, 0.1) is 5.82 Å². The molecule has 94 valence electrons. The number of nitrogens with one attached hydrogen (secondary N) is 1. The minimum absolute atomic E-state index is 0.00922. The average molecular weight is 369 g/mol. The number of rotatable bonds is 5. The Morgan fingerprint density at radius 1 is 1.59 bits per heavy atom. The highest BCUT2D eigenvalue weighted by atomic mass is 79.9. The summed E-state index contributed by atoms with van der Waals surface area (Å²) in [5.74, 6) is -0.981. The molecular formula is C11H12Br2FNO2. The van der Waals surface area contributed by atoms with Crippen LogP contribution in [0.3, 0.4) is 0 Å². The van der Waals surface area contributed by atoms with Gasteiger partial charge < -0.3 is 10.1 Å². The largest absolute Gasteiger partial charge is 0.383 e. The van der Waals surface area contributed by atoms with Gasteiger partial charge in [-0.2, -0.15) is 0 Å². The Morgan fingerprint density at radius 3 is 2.88 bits per heavy atom. The van der Waals surface area contributed by atoms with Crippen LogP contribution in [0.25, 0.3) is 0 Å². The molecule has 0 fully saturated rings. The van der Waals surface area contributed by atoms with Gasteiger partial charge in [0.15, 0.2) is 0 Å². The van der Waals surface area contributed by atoms with Crippen LogP contribution in [0.2, 0.25) is 0 Å². The SMILES string of the molecule is COCC(Br)CNC(=O)c1ccc(Br)cc1F. The van der Waals surface area contributed by atoms with E-state index in [1.165, 1.54) is 12.1 Å². The topological polar surface area (TPSA) is 38.3 Å². The summed E-state index contributed by atoms with van der Waals surface area (Å²) in [6.07, 6.45) is 0. The number of benzene rings is 1. The Balaban J connectivity index is 2.58. The first-order valence-corrected chi connectivity index (χ1v) is 6.61. The number of amides is 1. The average Bonchev–Trinajstić information content (AvgIpc) is 2.26. The molecule has 0 aliphatic heterocycles. The van der Waals surface area contributed by atoms with Crippen LogP contribution in [0.4, 0.5) is 4.39 Å². The quantitative estimate of drug-likeness (QED) is 0.811. The first-order valence-electron chi connectivity index (χ1n) is 4.91. The van der Waals surface area contributed by atoms with Gasteiger partial charge in [-0.3, -0.25) is 4.79 Å². The van der Waals surface area contributed by atoms with Crippen LogP contribution < -0.4 is 5.32 Å². The van der Waals surface area contributed by atoms with Crippen molar-refractivity contribution in [3.8, 4) is 0 Å². The second-order valence-electron chi connectivity index (χ2n) is 3.39. The van der Waals surface area contributed by atoms with Gasteiger partial charge in [-0.1, -0.05) is 31.9 Å². The third-order valence-electron chi connectivity index (χ3n) is 2.01. The standard InChI is InChI=1S/C11H12Br2FNO2/c1-17-6-8(13)5-15-11(16)9-3-2-7(12)4-10(9)14/h2-4,8H,5-6H2,1H3,(H,15,16). The van der Waals surface area contributed by atoms with E-state index < -0.39 is 11.7 Å². The molecule has 0 radical (unpaired) electrons. The molecule has 0 aliphatic carbocycles. The molecule has 0 aromatic heterocycles.